The van der Waals surface area contributed by atoms with Crippen LogP contribution < -0.4 is 19.7 Å². The van der Waals surface area contributed by atoms with E-state index in [9.17, 15) is 4.79 Å². The largest absolute Gasteiger partial charge is 0.454 e. The lowest BCUT2D eigenvalue weighted by atomic mass is 10.1. The maximum absolute atomic E-state index is 12.7. The summed E-state index contributed by atoms with van der Waals surface area (Å²) in [7, 11) is 0. The Morgan fingerprint density at radius 1 is 0.902 bits per heavy atom. The smallest absolute Gasteiger partial charge is 0.251 e. The molecular formula is C31H32N6O3S. The minimum atomic E-state index is -0.0968. The van der Waals surface area contributed by atoms with Crippen LogP contribution in [0.15, 0.2) is 78.2 Å². The van der Waals surface area contributed by atoms with Crippen molar-refractivity contribution in [2.45, 2.75) is 30.9 Å². The highest BCUT2D eigenvalue weighted by Gasteiger charge is 2.21. The summed E-state index contributed by atoms with van der Waals surface area (Å²) < 4.78 is 11.0. The lowest BCUT2D eigenvalue weighted by molar-refractivity contribution is 0.0950. The number of amides is 1. The van der Waals surface area contributed by atoms with Crippen LogP contribution in [0.1, 0.15) is 32.7 Å². The number of fused-ring (bicyclic) bond motifs is 1. The van der Waals surface area contributed by atoms with Gasteiger partial charge < -0.3 is 19.7 Å². The number of hydrogen-bond acceptors (Lipinski definition) is 9. The molecular weight excluding hydrogens is 536 g/mol. The van der Waals surface area contributed by atoms with Crippen LogP contribution in [-0.2, 0) is 18.8 Å². The summed E-state index contributed by atoms with van der Waals surface area (Å²) in [6, 6.07) is 19.8. The second-order valence-corrected chi connectivity index (χ2v) is 11.1. The molecule has 1 amide bonds. The summed E-state index contributed by atoms with van der Waals surface area (Å²) in [6.45, 7) is 7.38. The molecule has 0 radical (unpaired) electrons. The quantitative estimate of drug-likeness (QED) is 0.232. The number of benzene rings is 2. The SMILES string of the molecule is Cc1cc(N2CCN(Cc3ccc4c(c3)OCO4)CC2)nc(SCc2cccc(C(=O)NCc3ccncc3)c2)n1. The summed E-state index contributed by atoms with van der Waals surface area (Å²) >= 11 is 1.59. The summed E-state index contributed by atoms with van der Waals surface area (Å²) in [5, 5.41) is 3.72. The lowest BCUT2D eigenvalue weighted by Gasteiger charge is -2.35. The van der Waals surface area contributed by atoms with Crippen LogP contribution in [0.2, 0.25) is 0 Å². The fourth-order valence-electron chi connectivity index (χ4n) is 4.92. The zero-order valence-corrected chi connectivity index (χ0v) is 23.8. The van der Waals surface area contributed by atoms with E-state index in [-0.39, 0.29) is 5.91 Å². The number of ether oxygens (including phenoxy) is 2. The number of carbonyl (C=O) groups excluding carboxylic acids is 1. The first kappa shape index (κ1) is 27.0. The molecule has 2 aliphatic heterocycles. The van der Waals surface area contributed by atoms with Gasteiger partial charge in [0.2, 0.25) is 6.79 Å². The zero-order chi connectivity index (χ0) is 28.0. The predicted molar refractivity (Wildman–Crippen MR) is 158 cm³/mol. The highest BCUT2D eigenvalue weighted by Crippen LogP contribution is 2.33. The van der Waals surface area contributed by atoms with E-state index in [1.165, 1.54) is 5.56 Å². The Kier molecular flexibility index (Phi) is 8.29. The molecule has 9 nitrogen and oxygen atoms in total. The number of thioether (sulfide) groups is 1. The maximum atomic E-state index is 12.7. The average Bonchev–Trinajstić information content (AvgIpc) is 3.48. The molecule has 4 heterocycles. The Bertz CT molecular complexity index is 1510. The summed E-state index contributed by atoms with van der Waals surface area (Å²) in [6.07, 6.45) is 3.45. The number of nitrogens with one attached hydrogen (secondary N) is 1. The van der Waals surface area contributed by atoms with Crippen molar-refractivity contribution in [1.82, 2.24) is 25.2 Å². The average molecular weight is 569 g/mol. The molecule has 41 heavy (non-hydrogen) atoms. The van der Waals surface area contributed by atoms with Crippen molar-refractivity contribution >= 4 is 23.5 Å². The van der Waals surface area contributed by atoms with Crippen LogP contribution in [-0.4, -0.2) is 58.7 Å². The third-order valence-electron chi connectivity index (χ3n) is 7.12. The Labute approximate surface area is 243 Å². The molecule has 2 aromatic heterocycles. The second kappa shape index (κ2) is 12.6. The van der Waals surface area contributed by atoms with Gasteiger partial charge in [-0.2, -0.15) is 0 Å². The van der Waals surface area contributed by atoms with Crippen LogP contribution in [0.25, 0.3) is 0 Å². The number of carbonyl (C=O) groups is 1. The number of hydrogen-bond donors (Lipinski definition) is 1. The van der Waals surface area contributed by atoms with E-state index in [0.29, 0.717) is 24.7 Å². The molecule has 10 heteroatoms. The third kappa shape index (κ3) is 6.96. The van der Waals surface area contributed by atoms with Gasteiger partial charge in [-0.05, 0) is 60.0 Å². The number of aromatic nitrogens is 3. The molecule has 4 aromatic rings. The Morgan fingerprint density at radius 2 is 1.73 bits per heavy atom. The van der Waals surface area contributed by atoms with Crippen molar-refractivity contribution in [2.24, 2.45) is 0 Å². The monoisotopic (exact) mass is 568 g/mol. The number of rotatable bonds is 9. The maximum Gasteiger partial charge on any atom is 0.251 e. The van der Waals surface area contributed by atoms with Gasteiger partial charge in [0.05, 0.1) is 0 Å². The van der Waals surface area contributed by atoms with E-state index < -0.39 is 0 Å². The van der Waals surface area contributed by atoms with Gasteiger partial charge >= 0.3 is 0 Å². The number of nitrogens with zero attached hydrogens (tertiary/aromatic N) is 5. The van der Waals surface area contributed by atoms with Crippen molar-refractivity contribution in [3.63, 3.8) is 0 Å². The van der Waals surface area contributed by atoms with Crippen LogP contribution in [0.5, 0.6) is 11.5 Å². The molecule has 6 rings (SSSR count). The number of aryl methyl sites for hydroxylation is 1. The van der Waals surface area contributed by atoms with E-state index in [2.05, 4.69) is 43.3 Å². The van der Waals surface area contributed by atoms with Crippen LogP contribution in [0.3, 0.4) is 0 Å². The fourth-order valence-corrected chi connectivity index (χ4v) is 5.76. The lowest BCUT2D eigenvalue weighted by Crippen LogP contribution is -2.46. The van der Waals surface area contributed by atoms with Crippen LogP contribution in [0.4, 0.5) is 5.82 Å². The van der Waals surface area contributed by atoms with E-state index in [1.807, 2.05) is 49.4 Å². The Morgan fingerprint density at radius 3 is 2.59 bits per heavy atom. The van der Waals surface area contributed by atoms with Gasteiger partial charge in [0, 0.05) is 74.7 Å². The third-order valence-corrected chi connectivity index (χ3v) is 8.04. The highest BCUT2D eigenvalue weighted by molar-refractivity contribution is 7.98. The van der Waals surface area contributed by atoms with Gasteiger partial charge in [-0.3, -0.25) is 14.7 Å². The minimum absolute atomic E-state index is 0.0968. The summed E-state index contributed by atoms with van der Waals surface area (Å²) in [4.78, 5) is 31.1. The number of anilines is 1. The fraction of sp³-hybridized carbons (Fsp3) is 0.290. The molecule has 0 spiro atoms. The van der Waals surface area contributed by atoms with Crippen molar-refractivity contribution in [2.75, 3.05) is 37.9 Å². The second-order valence-electron chi connectivity index (χ2n) is 10.1. The molecule has 0 atom stereocenters. The molecule has 0 aliphatic carbocycles. The molecule has 1 fully saturated rings. The normalized spacial score (nSPS) is 14.7. The molecule has 1 N–H and O–H groups in total. The van der Waals surface area contributed by atoms with E-state index in [1.54, 1.807) is 24.2 Å². The van der Waals surface area contributed by atoms with Gasteiger partial charge in [0.25, 0.3) is 5.91 Å². The molecule has 0 unspecified atom stereocenters. The standard InChI is InChI=1S/C31H32N6O3S/c1-22-15-29(37-13-11-36(12-14-37)19-24-5-6-27-28(17-24)40-21-39-27)35-31(34-22)41-20-25-3-2-4-26(16-25)30(38)33-18-23-7-9-32-10-8-23/h2-10,15-17H,11-14,18-21H2,1H3,(H,33,38). The molecule has 1 saturated heterocycles. The van der Waals surface area contributed by atoms with Gasteiger partial charge in [0.15, 0.2) is 16.7 Å². The first-order chi connectivity index (χ1) is 20.1. The van der Waals surface area contributed by atoms with Crippen molar-refractivity contribution in [1.29, 1.82) is 0 Å². The Hall–Kier alpha value is -4.15. The predicted octanol–water partition coefficient (Wildman–Crippen LogP) is 4.45. The van der Waals surface area contributed by atoms with Crippen molar-refractivity contribution in [3.8, 4) is 11.5 Å². The number of pyridine rings is 1. The molecule has 0 saturated carbocycles. The van der Waals surface area contributed by atoms with Gasteiger partial charge in [-0.25, -0.2) is 9.97 Å². The van der Waals surface area contributed by atoms with E-state index in [4.69, 9.17) is 14.5 Å². The molecule has 210 valence electrons. The van der Waals surface area contributed by atoms with Crippen molar-refractivity contribution < 1.29 is 14.3 Å². The Balaban J connectivity index is 1.02. The summed E-state index contributed by atoms with van der Waals surface area (Å²) in [5.74, 6) is 3.20. The summed E-state index contributed by atoms with van der Waals surface area (Å²) in [5.41, 5.74) is 4.88. The highest BCUT2D eigenvalue weighted by atomic mass is 32.2. The van der Waals surface area contributed by atoms with Crippen LogP contribution >= 0.6 is 11.8 Å². The van der Waals surface area contributed by atoms with Gasteiger partial charge in [-0.1, -0.05) is 30.0 Å². The van der Waals surface area contributed by atoms with Gasteiger partial charge in [0.1, 0.15) is 5.82 Å². The first-order valence-corrected chi connectivity index (χ1v) is 14.7. The molecule has 0 bridgehead atoms. The minimum Gasteiger partial charge on any atom is -0.454 e. The molecule has 2 aromatic carbocycles. The zero-order valence-electron chi connectivity index (χ0n) is 23.0. The van der Waals surface area contributed by atoms with E-state index in [0.717, 1.165) is 72.0 Å². The topological polar surface area (TPSA) is 92.7 Å². The van der Waals surface area contributed by atoms with Crippen molar-refractivity contribution in [3.05, 3.63) is 101 Å². The van der Waals surface area contributed by atoms with Gasteiger partial charge in [-0.15, -0.1) is 0 Å². The van der Waals surface area contributed by atoms with E-state index >= 15 is 0 Å². The van der Waals surface area contributed by atoms with Crippen LogP contribution in [0, 0.1) is 6.92 Å². The molecule has 2 aliphatic rings. The first-order valence-electron chi connectivity index (χ1n) is 13.7. The number of piperazine rings is 1.